The predicted molar refractivity (Wildman–Crippen MR) is 43.6 cm³/mol. The molecule has 1 fully saturated rings. The van der Waals surface area contributed by atoms with E-state index in [2.05, 4.69) is 0 Å². The van der Waals surface area contributed by atoms with Crippen molar-refractivity contribution < 1.29 is 30.0 Å². The van der Waals surface area contributed by atoms with Crippen LogP contribution < -0.4 is 0 Å². The second-order valence-electron chi connectivity index (χ2n) is 3.54. The topological polar surface area (TPSA) is 115 Å². The van der Waals surface area contributed by atoms with Gasteiger partial charge in [0.1, 0.15) is 0 Å². The van der Waals surface area contributed by atoms with E-state index in [9.17, 15) is 19.8 Å². The van der Waals surface area contributed by atoms with E-state index in [1.807, 2.05) is 0 Å². The maximum Gasteiger partial charge on any atom is 0.339 e. The van der Waals surface area contributed by atoms with E-state index in [0.29, 0.717) is 12.8 Å². The van der Waals surface area contributed by atoms with E-state index in [1.165, 1.54) is 0 Å². The van der Waals surface area contributed by atoms with Gasteiger partial charge in [-0.2, -0.15) is 0 Å². The summed E-state index contributed by atoms with van der Waals surface area (Å²) in [4.78, 5) is 21.4. The fraction of sp³-hybridized carbons (Fsp3) is 0.750. The Hall–Kier alpha value is -1.14. The standard InChI is InChI=1S/C8H12O6/c9-5(10)7(13)3-1-2-4-8(7,14)6(11)12/h13-14H,1-4H2,(H,9,10)(H,11,12)/t7-,8-/m1/s1. The van der Waals surface area contributed by atoms with Gasteiger partial charge < -0.3 is 20.4 Å². The van der Waals surface area contributed by atoms with Crippen LogP contribution in [0.3, 0.4) is 0 Å². The lowest BCUT2D eigenvalue weighted by Gasteiger charge is -2.40. The molecule has 80 valence electrons. The van der Waals surface area contributed by atoms with Crippen LogP contribution in [0.1, 0.15) is 25.7 Å². The fourth-order valence-electron chi connectivity index (χ4n) is 1.74. The molecular formula is C8H12O6. The third-order valence-electron chi connectivity index (χ3n) is 2.72. The van der Waals surface area contributed by atoms with Gasteiger partial charge in [-0.3, -0.25) is 0 Å². The van der Waals surface area contributed by atoms with Crippen molar-refractivity contribution >= 4 is 11.9 Å². The van der Waals surface area contributed by atoms with Crippen molar-refractivity contribution in [1.82, 2.24) is 0 Å². The highest BCUT2D eigenvalue weighted by Gasteiger charge is 2.61. The Morgan fingerprint density at radius 2 is 1.14 bits per heavy atom. The minimum absolute atomic E-state index is 0.245. The van der Waals surface area contributed by atoms with E-state index in [0.717, 1.165) is 0 Å². The molecule has 1 saturated carbocycles. The van der Waals surface area contributed by atoms with Crippen molar-refractivity contribution in [3.63, 3.8) is 0 Å². The molecule has 6 heteroatoms. The van der Waals surface area contributed by atoms with Crippen LogP contribution in [0.5, 0.6) is 0 Å². The van der Waals surface area contributed by atoms with Crippen molar-refractivity contribution in [2.75, 3.05) is 0 Å². The van der Waals surface area contributed by atoms with E-state index < -0.39 is 23.1 Å². The van der Waals surface area contributed by atoms with Gasteiger partial charge in [-0.05, 0) is 25.7 Å². The van der Waals surface area contributed by atoms with E-state index in [4.69, 9.17) is 10.2 Å². The lowest BCUT2D eigenvalue weighted by Crippen LogP contribution is -2.65. The molecule has 0 aliphatic heterocycles. The summed E-state index contributed by atoms with van der Waals surface area (Å²) in [6, 6.07) is 0. The molecule has 0 amide bonds. The second-order valence-corrected chi connectivity index (χ2v) is 3.54. The first kappa shape index (κ1) is 10.9. The number of carboxylic acid groups (broad SMARTS) is 2. The molecule has 0 aromatic carbocycles. The van der Waals surface area contributed by atoms with Crippen LogP contribution in [-0.2, 0) is 9.59 Å². The largest absolute Gasteiger partial charge is 0.479 e. The summed E-state index contributed by atoms with van der Waals surface area (Å²) in [6.07, 6.45) is 0.285. The molecule has 4 N–H and O–H groups in total. The SMILES string of the molecule is O=C(O)[C@]1(O)CCCC[C@@]1(O)C(=O)O. The molecule has 1 aliphatic carbocycles. The van der Waals surface area contributed by atoms with Gasteiger partial charge in [0.15, 0.2) is 0 Å². The second kappa shape index (κ2) is 3.21. The monoisotopic (exact) mass is 204 g/mol. The van der Waals surface area contributed by atoms with Crippen LogP contribution in [0.25, 0.3) is 0 Å². The number of carboxylic acids is 2. The highest BCUT2D eigenvalue weighted by atomic mass is 16.5. The summed E-state index contributed by atoms with van der Waals surface area (Å²) in [7, 11) is 0. The average molecular weight is 204 g/mol. The quantitative estimate of drug-likeness (QED) is 0.467. The van der Waals surface area contributed by atoms with Gasteiger partial charge in [-0.15, -0.1) is 0 Å². The van der Waals surface area contributed by atoms with Crippen LogP contribution >= 0.6 is 0 Å². The molecule has 0 spiro atoms. The molecule has 14 heavy (non-hydrogen) atoms. The van der Waals surface area contributed by atoms with E-state index in [1.54, 1.807) is 0 Å². The number of hydrogen-bond donors (Lipinski definition) is 4. The normalized spacial score (nSPS) is 37.9. The number of rotatable bonds is 2. The molecular weight excluding hydrogens is 192 g/mol. The minimum atomic E-state index is -2.57. The third kappa shape index (κ3) is 1.27. The molecule has 0 heterocycles. The Balaban J connectivity index is 3.12. The lowest BCUT2D eigenvalue weighted by atomic mass is 9.71. The summed E-state index contributed by atoms with van der Waals surface area (Å²) in [5.74, 6) is -3.38. The van der Waals surface area contributed by atoms with Gasteiger partial charge in [0.2, 0.25) is 11.2 Å². The van der Waals surface area contributed by atoms with Crippen molar-refractivity contribution in [1.29, 1.82) is 0 Å². The lowest BCUT2D eigenvalue weighted by molar-refractivity contribution is -0.215. The highest BCUT2D eigenvalue weighted by molar-refractivity contribution is 5.90. The molecule has 2 atom stereocenters. The van der Waals surface area contributed by atoms with E-state index >= 15 is 0 Å². The van der Waals surface area contributed by atoms with Crippen molar-refractivity contribution in [2.24, 2.45) is 0 Å². The molecule has 0 aromatic heterocycles. The Kier molecular flexibility index (Phi) is 2.51. The summed E-state index contributed by atoms with van der Waals surface area (Å²) < 4.78 is 0. The molecule has 1 aliphatic rings. The first-order valence-corrected chi connectivity index (χ1v) is 4.26. The molecule has 0 bridgehead atoms. The zero-order valence-electron chi connectivity index (χ0n) is 7.43. The van der Waals surface area contributed by atoms with Gasteiger partial charge in [0, 0.05) is 0 Å². The Morgan fingerprint density at radius 1 is 0.857 bits per heavy atom. The predicted octanol–water partition coefficient (Wildman–Crippen LogP) is -0.808. The number of hydrogen-bond acceptors (Lipinski definition) is 4. The average Bonchev–Trinajstić information content (AvgIpc) is 2.09. The van der Waals surface area contributed by atoms with Gasteiger partial charge in [0.25, 0.3) is 0 Å². The maximum atomic E-state index is 10.7. The van der Waals surface area contributed by atoms with Gasteiger partial charge in [-0.25, -0.2) is 9.59 Å². The molecule has 0 saturated heterocycles. The zero-order chi connectivity index (χ0) is 11.0. The van der Waals surface area contributed by atoms with Crippen molar-refractivity contribution in [3.8, 4) is 0 Å². The number of aliphatic carboxylic acids is 2. The van der Waals surface area contributed by atoms with Crippen LogP contribution in [0.4, 0.5) is 0 Å². The molecule has 0 aromatic rings. The van der Waals surface area contributed by atoms with Gasteiger partial charge >= 0.3 is 11.9 Å². The summed E-state index contributed by atoms with van der Waals surface area (Å²) in [5, 5.41) is 36.6. The minimum Gasteiger partial charge on any atom is -0.479 e. The maximum absolute atomic E-state index is 10.7. The highest BCUT2D eigenvalue weighted by Crippen LogP contribution is 2.37. The molecule has 6 nitrogen and oxygen atoms in total. The summed E-state index contributed by atoms with van der Waals surface area (Å²) >= 11 is 0. The van der Waals surface area contributed by atoms with Gasteiger partial charge in [-0.1, -0.05) is 0 Å². The van der Waals surface area contributed by atoms with Crippen molar-refractivity contribution in [2.45, 2.75) is 36.9 Å². The summed E-state index contributed by atoms with van der Waals surface area (Å²) in [5.41, 5.74) is -5.14. The molecule has 0 radical (unpaired) electrons. The van der Waals surface area contributed by atoms with Crippen LogP contribution in [0, 0.1) is 0 Å². The van der Waals surface area contributed by atoms with Crippen molar-refractivity contribution in [3.05, 3.63) is 0 Å². The third-order valence-corrected chi connectivity index (χ3v) is 2.72. The first-order valence-electron chi connectivity index (χ1n) is 4.26. The van der Waals surface area contributed by atoms with Crippen LogP contribution in [0.15, 0.2) is 0 Å². The number of aliphatic hydroxyl groups is 2. The van der Waals surface area contributed by atoms with Crippen LogP contribution in [0.2, 0.25) is 0 Å². The smallest absolute Gasteiger partial charge is 0.339 e. The first-order chi connectivity index (χ1) is 6.34. The van der Waals surface area contributed by atoms with Crippen LogP contribution in [-0.4, -0.2) is 43.6 Å². The van der Waals surface area contributed by atoms with Gasteiger partial charge in [0.05, 0.1) is 0 Å². The fourth-order valence-corrected chi connectivity index (χ4v) is 1.74. The molecule has 0 unspecified atom stereocenters. The summed E-state index contributed by atoms with van der Waals surface area (Å²) in [6.45, 7) is 0. The Bertz CT molecular complexity index is 247. The Morgan fingerprint density at radius 3 is 1.36 bits per heavy atom. The Labute approximate surface area is 79.8 Å². The number of carbonyl (C=O) groups is 2. The zero-order valence-corrected chi connectivity index (χ0v) is 7.43. The van der Waals surface area contributed by atoms with E-state index in [-0.39, 0.29) is 12.8 Å². The molecule has 1 rings (SSSR count).